The molecule has 0 aliphatic heterocycles. The van der Waals surface area contributed by atoms with Crippen LogP contribution in [0.15, 0.2) is 51.9 Å². The van der Waals surface area contributed by atoms with E-state index in [4.69, 9.17) is 18.6 Å². The molecule has 0 saturated heterocycles. The number of carbonyl (C=O) groups excluding carboxylic acids is 1. The van der Waals surface area contributed by atoms with Gasteiger partial charge in [0, 0.05) is 17.7 Å². The largest absolute Gasteiger partial charge is 0.490 e. The summed E-state index contributed by atoms with van der Waals surface area (Å²) in [7, 11) is 0. The number of rotatable bonds is 11. The number of carbonyl (C=O) groups is 1. The smallest absolute Gasteiger partial charge is 0.257 e. The second kappa shape index (κ2) is 11.7. The molecular weight excluding hydrogens is 490 g/mol. The molecule has 2 N–H and O–H groups in total. The number of hydrogen-bond acceptors (Lipinski definition) is 8. The van der Waals surface area contributed by atoms with Crippen molar-refractivity contribution in [1.82, 2.24) is 19.7 Å². The first-order valence-electron chi connectivity index (χ1n) is 12.5. The highest BCUT2D eigenvalue weighted by Gasteiger charge is 2.22. The fourth-order valence-electron chi connectivity index (χ4n) is 3.74. The zero-order valence-corrected chi connectivity index (χ0v) is 22.0. The van der Waals surface area contributed by atoms with E-state index in [0.29, 0.717) is 54.2 Å². The maximum atomic E-state index is 13.5. The highest BCUT2D eigenvalue weighted by atomic mass is 16.5. The summed E-state index contributed by atoms with van der Waals surface area (Å²) in [6.45, 7) is 10.6. The molecule has 0 aliphatic carbocycles. The van der Waals surface area contributed by atoms with Crippen molar-refractivity contribution in [2.45, 2.75) is 40.5 Å². The lowest BCUT2D eigenvalue weighted by Crippen LogP contribution is -2.20. The molecule has 3 aromatic heterocycles. The fourth-order valence-corrected chi connectivity index (χ4v) is 3.74. The Hall–Kier alpha value is -4.54. The van der Waals surface area contributed by atoms with Gasteiger partial charge in [0.25, 0.3) is 11.5 Å². The van der Waals surface area contributed by atoms with Crippen molar-refractivity contribution in [2.75, 3.05) is 25.1 Å². The highest BCUT2D eigenvalue weighted by molar-refractivity contribution is 6.05. The van der Waals surface area contributed by atoms with Gasteiger partial charge in [-0.2, -0.15) is 9.78 Å². The normalized spacial score (nSPS) is 11.0. The SMILES string of the molecule is CCOc1cc(C(=O)Nc2cc(-c3ccco3)nn2-c2nc(C(C)C)cc(=O)[nH]2)cc(OCC)c1OCC. The topological polar surface area (TPSA) is 134 Å². The first-order valence-corrected chi connectivity index (χ1v) is 12.5. The Bertz CT molecular complexity index is 1430. The molecule has 0 saturated carbocycles. The van der Waals surface area contributed by atoms with Crippen LogP contribution in [0.3, 0.4) is 0 Å². The van der Waals surface area contributed by atoms with Gasteiger partial charge >= 0.3 is 0 Å². The van der Waals surface area contributed by atoms with Gasteiger partial charge in [0.05, 0.1) is 31.8 Å². The number of anilines is 1. The lowest BCUT2D eigenvalue weighted by molar-refractivity contribution is 0.102. The van der Waals surface area contributed by atoms with Crippen LogP contribution < -0.4 is 25.1 Å². The molecule has 0 unspecified atom stereocenters. The quantitative estimate of drug-likeness (QED) is 0.288. The van der Waals surface area contributed by atoms with E-state index in [2.05, 4.69) is 20.4 Å². The predicted octanol–water partition coefficient (Wildman–Crippen LogP) is 4.79. The second-order valence-electron chi connectivity index (χ2n) is 8.51. The molecule has 0 aliphatic rings. The van der Waals surface area contributed by atoms with Gasteiger partial charge in [-0.3, -0.25) is 14.6 Å². The molecule has 0 bridgehead atoms. The first kappa shape index (κ1) is 26.5. The van der Waals surface area contributed by atoms with E-state index in [1.807, 2.05) is 34.6 Å². The molecule has 1 amide bonds. The van der Waals surface area contributed by atoms with Gasteiger partial charge in [-0.1, -0.05) is 13.8 Å². The van der Waals surface area contributed by atoms with E-state index < -0.39 is 5.91 Å². The van der Waals surface area contributed by atoms with E-state index in [1.54, 1.807) is 30.3 Å². The maximum Gasteiger partial charge on any atom is 0.257 e. The van der Waals surface area contributed by atoms with Gasteiger partial charge in [0.1, 0.15) is 11.5 Å². The Kier molecular flexibility index (Phi) is 8.15. The lowest BCUT2D eigenvalue weighted by atomic mass is 10.1. The maximum absolute atomic E-state index is 13.5. The molecule has 1 aromatic carbocycles. The van der Waals surface area contributed by atoms with Crippen LogP contribution in [-0.4, -0.2) is 45.5 Å². The first-order chi connectivity index (χ1) is 18.3. The predicted molar refractivity (Wildman–Crippen MR) is 142 cm³/mol. The second-order valence-corrected chi connectivity index (χ2v) is 8.51. The fraction of sp³-hybridized carbons (Fsp3) is 0.333. The van der Waals surface area contributed by atoms with Gasteiger partial charge in [-0.25, -0.2) is 4.98 Å². The molecular formula is C27H31N5O6. The summed E-state index contributed by atoms with van der Waals surface area (Å²) < 4.78 is 24.1. The molecule has 200 valence electrons. The number of nitrogens with one attached hydrogen (secondary N) is 2. The third-order valence-electron chi connectivity index (χ3n) is 5.44. The summed E-state index contributed by atoms with van der Waals surface area (Å²) in [6, 6.07) is 9.75. The number of ether oxygens (including phenoxy) is 3. The Morgan fingerprint density at radius 1 is 1.05 bits per heavy atom. The van der Waals surface area contributed by atoms with Gasteiger partial charge in [0.2, 0.25) is 11.7 Å². The van der Waals surface area contributed by atoms with Crippen molar-refractivity contribution in [3.8, 4) is 34.7 Å². The van der Waals surface area contributed by atoms with Crippen LogP contribution in [0.2, 0.25) is 0 Å². The van der Waals surface area contributed by atoms with Crippen LogP contribution in [0, 0.1) is 0 Å². The number of nitrogens with zero attached hydrogens (tertiary/aromatic N) is 3. The van der Waals surface area contributed by atoms with Crippen molar-refractivity contribution in [2.24, 2.45) is 0 Å². The summed E-state index contributed by atoms with van der Waals surface area (Å²) in [6.07, 6.45) is 1.52. The molecule has 4 aromatic rings. The summed E-state index contributed by atoms with van der Waals surface area (Å²) in [5.74, 6) is 1.69. The van der Waals surface area contributed by atoms with Crippen LogP contribution >= 0.6 is 0 Å². The molecule has 4 rings (SSSR count). The van der Waals surface area contributed by atoms with Crippen LogP contribution in [0.4, 0.5) is 5.82 Å². The highest BCUT2D eigenvalue weighted by Crippen LogP contribution is 2.39. The van der Waals surface area contributed by atoms with Crippen molar-refractivity contribution in [3.63, 3.8) is 0 Å². The minimum atomic E-state index is -0.454. The van der Waals surface area contributed by atoms with Crippen molar-refractivity contribution in [3.05, 3.63) is 64.3 Å². The standard InChI is InChI=1S/C27H31N5O6/c1-6-35-21-12-17(13-22(36-7-2)25(21)37-8-3)26(34)29-23-14-19(20-10-9-11-38-20)31-32(23)27-28-18(16(4)5)15-24(33)30-27/h9-16H,6-8H2,1-5H3,(H,29,34)(H,28,30,33). The van der Waals surface area contributed by atoms with Crippen LogP contribution in [0.5, 0.6) is 17.2 Å². The van der Waals surface area contributed by atoms with Crippen molar-refractivity contribution < 1.29 is 23.4 Å². The van der Waals surface area contributed by atoms with Crippen molar-refractivity contribution in [1.29, 1.82) is 0 Å². The number of aromatic nitrogens is 4. The van der Waals surface area contributed by atoms with E-state index >= 15 is 0 Å². The molecule has 3 heterocycles. The third-order valence-corrected chi connectivity index (χ3v) is 5.44. The minimum absolute atomic E-state index is 0.00650. The van der Waals surface area contributed by atoms with Crippen molar-refractivity contribution >= 4 is 11.7 Å². The van der Waals surface area contributed by atoms with E-state index in [-0.39, 0.29) is 28.8 Å². The molecule has 0 spiro atoms. The molecule has 38 heavy (non-hydrogen) atoms. The van der Waals surface area contributed by atoms with Crippen LogP contribution in [-0.2, 0) is 0 Å². The molecule has 0 radical (unpaired) electrons. The Morgan fingerprint density at radius 2 is 1.74 bits per heavy atom. The average molecular weight is 522 g/mol. The number of furan rings is 1. The summed E-state index contributed by atoms with van der Waals surface area (Å²) in [5, 5.41) is 7.42. The minimum Gasteiger partial charge on any atom is -0.490 e. The Morgan fingerprint density at radius 3 is 2.32 bits per heavy atom. The van der Waals surface area contributed by atoms with Gasteiger partial charge in [0.15, 0.2) is 17.3 Å². The number of hydrogen-bond donors (Lipinski definition) is 2. The van der Waals surface area contributed by atoms with E-state index in [1.165, 1.54) is 17.0 Å². The van der Waals surface area contributed by atoms with E-state index in [0.717, 1.165) is 0 Å². The number of H-pyrrole nitrogens is 1. The number of amides is 1. The molecule has 11 nitrogen and oxygen atoms in total. The molecule has 11 heteroatoms. The van der Waals surface area contributed by atoms with Crippen LogP contribution in [0.1, 0.15) is 56.6 Å². The summed E-state index contributed by atoms with van der Waals surface area (Å²) in [5.41, 5.74) is 0.982. The Balaban J connectivity index is 1.78. The number of benzene rings is 1. The summed E-state index contributed by atoms with van der Waals surface area (Å²) in [4.78, 5) is 33.1. The Labute approximate surface area is 219 Å². The third kappa shape index (κ3) is 5.72. The van der Waals surface area contributed by atoms with E-state index in [9.17, 15) is 9.59 Å². The summed E-state index contributed by atoms with van der Waals surface area (Å²) >= 11 is 0. The zero-order chi connectivity index (χ0) is 27.2. The van der Waals surface area contributed by atoms with Gasteiger partial charge in [-0.15, -0.1) is 0 Å². The lowest BCUT2D eigenvalue weighted by Gasteiger charge is -2.17. The molecule has 0 fully saturated rings. The zero-order valence-electron chi connectivity index (χ0n) is 22.0. The van der Waals surface area contributed by atoms with Crippen LogP contribution in [0.25, 0.3) is 17.4 Å². The molecule has 0 atom stereocenters. The van der Waals surface area contributed by atoms with Gasteiger partial charge in [-0.05, 0) is 51.0 Å². The monoisotopic (exact) mass is 521 g/mol. The average Bonchev–Trinajstić information content (AvgIpc) is 3.56. The number of aromatic amines is 1. The van der Waals surface area contributed by atoms with Gasteiger partial charge < -0.3 is 23.9 Å².